The van der Waals surface area contributed by atoms with Crippen LogP contribution >= 0.6 is 0 Å². The van der Waals surface area contributed by atoms with Crippen molar-refractivity contribution in [3.8, 4) is 18.2 Å². The van der Waals surface area contributed by atoms with Crippen molar-refractivity contribution in [1.82, 2.24) is 0 Å². The van der Waals surface area contributed by atoms with Crippen LogP contribution in [-0.4, -0.2) is 13.0 Å². The minimum absolute atomic E-state index is 0.0362. The van der Waals surface area contributed by atoms with Crippen LogP contribution in [0.5, 0.6) is 0 Å². The molecule has 0 fully saturated rings. The summed E-state index contributed by atoms with van der Waals surface area (Å²) in [5, 5.41) is 30.5. The van der Waals surface area contributed by atoms with Crippen molar-refractivity contribution in [2.45, 2.75) is 39.0 Å². The first-order valence-electron chi connectivity index (χ1n) is 10.4. The molecule has 1 heterocycles. The number of anilines is 1. The lowest BCUT2D eigenvalue weighted by Gasteiger charge is -2.50. The Morgan fingerprint density at radius 3 is 2.39 bits per heavy atom. The van der Waals surface area contributed by atoms with Gasteiger partial charge in [-0.15, -0.1) is 0 Å². The van der Waals surface area contributed by atoms with E-state index in [9.17, 15) is 20.6 Å². The summed E-state index contributed by atoms with van der Waals surface area (Å²) < 4.78 is 0. The minimum Gasteiger partial charge on any atom is -0.399 e. The van der Waals surface area contributed by atoms with Crippen molar-refractivity contribution >= 4 is 11.6 Å². The van der Waals surface area contributed by atoms with Crippen molar-refractivity contribution in [3.63, 3.8) is 0 Å². The number of rotatable bonds is 0. The van der Waals surface area contributed by atoms with Crippen LogP contribution in [0, 0.1) is 56.7 Å². The van der Waals surface area contributed by atoms with Crippen LogP contribution in [0.1, 0.15) is 39.2 Å². The maximum Gasteiger partial charge on any atom is 0.243 e. The average molecular weight is 412 g/mol. The molecule has 6 heteroatoms. The second-order valence-corrected chi connectivity index (χ2v) is 9.81. The molecule has 3 atom stereocenters. The van der Waals surface area contributed by atoms with E-state index in [1.807, 2.05) is 30.3 Å². The van der Waals surface area contributed by atoms with E-state index < -0.39 is 16.7 Å². The highest BCUT2D eigenvalue weighted by Gasteiger charge is 2.66. The maximum atomic E-state index is 13.9. The highest BCUT2D eigenvalue weighted by Crippen LogP contribution is 2.63. The van der Waals surface area contributed by atoms with Gasteiger partial charge in [0.1, 0.15) is 5.41 Å². The summed E-state index contributed by atoms with van der Waals surface area (Å²) >= 11 is 0. The van der Waals surface area contributed by atoms with E-state index in [0.717, 1.165) is 11.3 Å². The van der Waals surface area contributed by atoms with Gasteiger partial charge in [-0.2, -0.15) is 15.8 Å². The molecule has 3 aliphatic rings. The lowest BCUT2D eigenvalue weighted by atomic mass is 9.49. The zero-order valence-electron chi connectivity index (χ0n) is 18.2. The number of nitrogens with zero attached hydrogens (tertiary/aromatic N) is 4. The number of carbonyl (C=O) groups is 1. The summed E-state index contributed by atoms with van der Waals surface area (Å²) in [6.07, 6.45) is 3.22. The molecule has 1 aromatic carbocycles. The van der Waals surface area contributed by atoms with Crippen LogP contribution in [0.4, 0.5) is 5.69 Å². The molecular formula is C25H25N5O. The Balaban J connectivity index is 2.15. The first kappa shape index (κ1) is 20.7. The van der Waals surface area contributed by atoms with Crippen LogP contribution in [0.2, 0.25) is 0 Å². The summed E-state index contributed by atoms with van der Waals surface area (Å²) in [6, 6.07) is 13.8. The zero-order valence-corrected chi connectivity index (χ0v) is 18.2. The highest BCUT2D eigenvalue weighted by molar-refractivity contribution is 6.11. The summed E-state index contributed by atoms with van der Waals surface area (Å²) in [7, 11) is 1.70. The van der Waals surface area contributed by atoms with Crippen LogP contribution in [-0.2, 0) is 10.2 Å². The molecule has 4 rings (SSSR count). The van der Waals surface area contributed by atoms with E-state index in [0.29, 0.717) is 18.4 Å². The Labute approximate surface area is 182 Å². The topological polar surface area (TPSA) is 118 Å². The number of benzene rings is 1. The van der Waals surface area contributed by atoms with E-state index in [-0.39, 0.29) is 28.5 Å². The molecule has 2 N–H and O–H groups in total. The molecular weight excluding hydrogens is 386 g/mol. The second kappa shape index (κ2) is 6.47. The molecule has 6 nitrogen and oxygen atoms in total. The largest absolute Gasteiger partial charge is 0.399 e. The Kier molecular flexibility index (Phi) is 4.32. The number of para-hydroxylation sites is 1. The highest BCUT2D eigenvalue weighted by atomic mass is 16.2. The third kappa shape index (κ3) is 2.32. The Bertz CT molecular complexity index is 1170. The SMILES string of the molecule is CN1C(=O)[C@]2(C(C#N)=C(N)C(C#N)(C#N)C3=CC[C@H](C(C)(C)C)C[C@@H]32)c2ccccc21. The van der Waals surface area contributed by atoms with Gasteiger partial charge in [0.2, 0.25) is 11.3 Å². The Hall–Kier alpha value is -3.56. The number of carbonyl (C=O) groups excluding carboxylic acids is 1. The van der Waals surface area contributed by atoms with Gasteiger partial charge in [0.15, 0.2) is 0 Å². The van der Waals surface area contributed by atoms with Crippen LogP contribution in [0.15, 0.2) is 47.2 Å². The van der Waals surface area contributed by atoms with E-state index in [1.54, 1.807) is 11.9 Å². The molecule has 0 bridgehead atoms. The smallest absolute Gasteiger partial charge is 0.243 e. The normalized spacial score (nSPS) is 28.9. The number of hydrogen-bond donors (Lipinski definition) is 1. The van der Waals surface area contributed by atoms with E-state index in [1.165, 1.54) is 0 Å². The Morgan fingerprint density at radius 2 is 1.81 bits per heavy atom. The van der Waals surface area contributed by atoms with Crippen LogP contribution < -0.4 is 10.6 Å². The number of fused-ring (bicyclic) bond motifs is 4. The molecule has 156 valence electrons. The predicted molar refractivity (Wildman–Crippen MR) is 116 cm³/mol. The third-order valence-electron chi connectivity index (χ3n) is 7.55. The molecule has 1 aliphatic heterocycles. The predicted octanol–water partition coefficient (Wildman–Crippen LogP) is 3.68. The van der Waals surface area contributed by atoms with Crippen molar-refractivity contribution < 1.29 is 4.79 Å². The number of amides is 1. The molecule has 31 heavy (non-hydrogen) atoms. The van der Waals surface area contributed by atoms with Crippen LogP contribution in [0.3, 0.4) is 0 Å². The number of likely N-dealkylation sites (N-methyl/N-ethyl adjacent to an activating group) is 1. The van der Waals surface area contributed by atoms with Crippen LogP contribution in [0.25, 0.3) is 0 Å². The fourth-order valence-electron chi connectivity index (χ4n) is 5.77. The standard InChI is InChI=1S/C25H25N5O/c1-23(2,3)15-9-10-16-18(11-15)25(19(12-26)21(29)24(16,13-27)14-28)17-7-5-6-8-20(17)30(4)22(25)31/h5-8,10,15,18H,9,11,29H2,1-4H3/t15-,18-,25+/m0/s1. The molecule has 0 saturated heterocycles. The third-order valence-corrected chi connectivity index (χ3v) is 7.55. The van der Waals surface area contributed by atoms with Gasteiger partial charge in [0.05, 0.1) is 29.5 Å². The Morgan fingerprint density at radius 1 is 1.16 bits per heavy atom. The molecule has 0 radical (unpaired) electrons. The molecule has 1 aromatic rings. The summed E-state index contributed by atoms with van der Waals surface area (Å²) in [6.45, 7) is 6.46. The fraction of sp³-hybridized carbons (Fsp3) is 0.440. The van der Waals surface area contributed by atoms with Gasteiger partial charge in [0, 0.05) is 18.7 Å². The lowest BCUT2D eigenvalue weighted by Crippen LogP contribution is -2.55. The van der Waals surface area contributed by atoms with Crippen molar-refractivity contribution in [1.29, 1.82) is 15.8 Å². The molecule has 1 amide bonds. The zero-order chi connectivity index (χ0) is 22.8. The first-order chi connectivity index (χ1) is 14.6. The van der Waals surface area contributed by atoms with Gasteiger partial charge in [-0.25, -0.2) is 0 Å². The van der Waals surface area contributed by atoms with E-state index >= 15 is 0 Å². The quantitative estimate of drug-likeness (QED) is 0.653. The summed E-state index contributed by atoms with van der Waals surface area (Å²) in [5.41, 5.74) is 5.27. The summed E-state index contributed by atoms with van der Waals surface area (Å²) in [4.78, 5) is 15.5. The molecule has 2 aliphatic carbocycles. The molecule has 0 aromatic heterocycles. The van der Waals surface area contributed by atoms with E-state index in [4.69, 9.17) is 5.73 Å². The lowest BCUT2D eigenvalue weighted by molar-refractivity contribution is -0.123. The monoisotopic (exact) mass is 411 g/mol. The van der Waals surface area contributed by atoms with Gasteiger partial charge >= 0.3 is 0 Å². The van der Waals surface area contributed by atoms with Crippen molar-refractivity contribution in [2.75, 3.05) is 11.9 Å². The van der Waals surface area contributed by atoms with Gasteiger partial charge in [-0.3, -0.25) is 4.79 Å². The average Bonchev–Trinajstić information content (AvgIpc) is 2.97. The number of allylic oxidation sites excluding steroid dienone is 2. The van der Waals surface area contributed by atoms with Gasteiger partial charge in [-0.1, -0.05) is 45.0 Å². The minimum atomic E-state index is -1.74. The van der Waals surface area contributed by atoms with Crippen molar-refractivity contribution in [3.05, 3.63) is 52.7 Å². The maximum absolute atomic E-state index is 13.9. The first-order valence-corrected chi connectivity index (χ1v) is 10.4. The number of hydrogen-bond acceptors (Lipinski definition) is 5. The summed E-state index contributed by atoms with van der Waals surface area (Å²) in [5.74, 6) is -0.508. The number of nitrogens with two attached hydrogens (primary N) is 1. The molecule has 0 unspecified atom stereocenters. The van der Waals surface area contributed by atoms with Crippen molar-refractivity contribution in [2.24, 2.45) is 28.4 Å². The van der Waals surface area contributed by atoms with Gasteiger partial charge in [0.25, 0.3) is 0 Å². The second-order valence-electron chi connectivity index (χ2n) is 9.81. The molecule has 1 spiro atoms. The molecule has 0 saturated carbocycles. The van der Waals surface area contributed by atoms with E-state index in [2.05, 4.69) is 39.0 Å². The van der Waals surface area contributed by atoms with Gasteiger partial charge < -0.3 is 10.6 Å². The van der Waals surface area contributed by atoms with Gasteiger partial charge in [-0.05, 0) is 41.4 Å². The number of nitriles is 3. The fourth-order valence-corrected chi connectivity index (χ4v) is 5.77.